The molecule has 150 valence electrons. The summed E-state index contributed by atoms with van der Waals surface area (Å²) in [5.41, 5.74) is 1.58. The second kappa shape index (κ2) is 10.3. The number of carbonyl (C=O) groups excluding carboxylic acids is 2. The van der Waals surface area contributed by atoms with Gasteiger partial charge < -0.3 is 24.6 Å². The van der Waals surface area contributed by atoms with Gasteiger partial charge in [-0.1, -0.05) is 0 Å². The summed E-state index contributed by atoms with van der Waals surface area (Å²) in [5.74, 6) is 0.478. The summed E-state index contributed by atoms with van der Waals surface area (Å²) in [6, 6.07) is 11.6. The lowest BCUT2D eigenvalue weighted by molar-refractivity contribution is -0.116. The molecular formula is C21H25NO6. The number of amides is 1. The number of aliphatic hydroxyl groups excluding tert-OH is 1. The standard InChI is InChI=1S/C21H25NO6/c1-4-28-21(25)14-5-7-15(8-6-14)22-20(24)12-11-18(23)17-10-9-16(26-2)13-19(17)27-3/h5-10,13,18,23H,4,11-12H2,1-3H3,(H,22,24). The number of benzene rings is 2. The number of carbonyl (C=O) groups is 2. The highest BCUT2D eigenvalue weighted by Gasteiger charge is 2.16. The molecule has 1 atom stereocenters. The van der Waals surface area contributed by atoms with Gasteiger partial charge in [0.1, 0.15) is 11.5 Å². The van der Waals surface area contributed by atoms with Crippen LogP contribution in [0.1, 0.15) is 41.8 Å². The molecule has 0 saturated heterocycles. The van der Waals surface area contributed by atoms with E-state index in [2.05, 4.69) is 5.32 Å². The summed E-state index contributed by atoms with van der Waals surface area (Å²) < 4.78 is 15.3. The van der Waals surface area contributed by atoms with E-state index < -0.39 is 12.1 Å². The molecule has 0 heterocycles. The van der Waals surface area contributed by atoms with Gasteiger partial charge in [0, 0.05) is 23.7 Å². The maximum atomic E-state index is 12.2. The second-order valence-corrected chi connectivity index (χ2v) is 6.01. The summed E-state index contributed by atoms with van der Waals surface area (Å²) >= 11 is 0. The van der Waals surface area contributed by atoms with Gasteiger partial charge in [0.2, 0.25) is 5.91 Å². The lowest BCUT2D eigenvalue weighted by atomic mass is 10.0. The molecule has 2 N–H and O–H groups in total. The summed E-state index contributed by atoms with van der Waals surface area (Å²) in [5, 5.41) is 13.1. The van der Waals surface area contributed by atoms with Crippen molar-refractivity contribution in [3.8, 4) is 11.5 Å². The Morgan fingerprint density at radius 1 is 1.07 bits per heavy atom. The Morgan fingerprint density at radius 3 is 2.39 bits per heavy atom. The van der Waals surface area contributed by atoms with Crippen molar-refractivity contribution in [2.75, 3.05) is 26.1 Å². The van der Waals surface area contributed by atoms with Crippen LogP contribution in [0, 0.1) is 0 Å². The van der Waals surface area contributed by atoms with E-state index in [9.17, 15) is 14.7 Å². The number of rotatable bonds is 9. The van der Waals surface area contributed by atoms with Crippen LogP contribution in [0.4, 0.5) is 5.69 Å². The third kappa shape index (κ3) is 5.72. The number of methoxy groups -OCH3 is 2. The SMILES string of the molecule is CCOC(=O)c1ccc(NC(=O)CCC(O)c2ccc(OC)cc2OC)cc1. The van der Waals surface area contributed by atoms with Crippen LogP contribution in [0.3, 0.4) is 0 Å². The summed E-state index contributed by atoms with van der Waals surface area (Å²) in [7, 11) is 3.06. The predicted octanol–water partition coefficient (Wildman–Crippen LogP) is 3.33. The van der Waals surface area contributed by atoms with Gasteiger partial charge in [-0.25, -0.2) is 4.79 Å². The fraction of sp³-hybridized carbons (Fsp3) is 0.333. The maximum Gasteiger partial charge on any atom is 0.338 e. The number of aliphatic hydroxyl groups is 1. The van der Waals surface area contributed by atoms with E-state index >= 15 is 0 Å². The van der Waals surface area contributed by atoms with E-state index in [0.717, 1.165) is 0 Å². The van der Waals surface area contributed by atoms with Crippen molar-refractivity contribution in [2.45, 2.75) is 25.9 Å². The first-order valence-corrected chi connectivity index (χ1v) is 8.95. The molecule has 2 rings (SSSR count). The van der Waals surface area contributed by atoms with Gasteiger partial charge in [-0.2, -0.15) is 0 Å². The van der Waals surface area contributed by atoms with Crippen molar-refractivity contribution in [3.63, 3.8) is 0 Å². The number of nitrogens with one attached hydrogen (secondary N) is 1. The lowest BCUT2D eigenvalue weighted by Gasteiger charge is -2.15. The summed E-state index contributed by atoms with van der Waals surface area (Å²) in [6.45, 7) is 2.04. The average Bonchev–Trinajstić information content (AvgIpc) is 2.72. The molecule has 28 heavy (non-hydrogen) atoms. The van der Waals surface area contributed by atoms with E-state index in [1.54, 1.807) is 56.5 Å². The molecule has 1 unspecified atom stereocenters. The maximum absolute atomic E-state index is 12.2. The van der Waals surface area contributed by atoms with Crippen LogP contribution in [0.2, 0.25) is 0 Å². The smallest absolute Gasteiger partial charge is 0.338 e. The number of ether oxygens (including phenoxy) is 3. The number of hydrogen-bond donors (Lipinski definition) is 2. The van der Waals surface area contributed by atoms with Crippen LogP contribution in [-0.2, 0) is 9.53 Å². The van der Waals surface area contributed by atoms with E-state index in [-0.39, 0.29) is 18.7 Å². The zero-order valence-corrected chi connectivity index (χ0v) is 16.2. The average molecular weight is 387 g/mol. The first-order chi connectivity index (χ1) is 13.5. The Balaban J connectivity index is 1.91. The minimum Gasteiger partial charge on any atom is -0.497 e. The van der Waals surface area contributed by atoms with E-state index in [0.29, 0.717) is 34.9 Å². The van der Waals surface area contributed by atoms with E-state index in [1.165, 1.54) is 7.11 Å². The molecule has 0 aliphatic heterocycles. The molecule has 7 heteroatoms. The Kier molecular flexibility index (Phi) is 7.83. The zero-order chi connectivity index (χ0) is 20.5. The second-order valence-electron chi connectivity index (χ2n) is 6.01. The minimum absolute atomic E-state index is 0.121. The highest BCUT2D eigenvalue weighted by Crippen LogP contribution is 2.31. The topological polar surface area (TPSA) is 94.1 Å². The summed E-state index contributed by atoms with van der Waals surface area (Å²) in [6.07, 6.45) is -0.497. The van der Waals surface area contributed by atoms with Gasteiger partial charge in [-0.05, 0) is 49.7 Å². The molecule has 0 bridgehead atoms. The van der Waals surface area contributed by atoms with Crippen molar-refractivity contribution >= 4 is 17.6 Å². The molecule has 0 aliphatic rings. The molecule has 7 nitrogen and oxygen atoms in total. The van der Waals surface area contributed by atoms with Gasteiger partial charge in [0.15, 0.2) is 0 Å². The number of hydrogen-bond acceptors (Lipinski definition) is 6. The largest absolute Gasteiger partial charge is 0.497 e. The highest BCUT2D eigenvalue weighted by atomic mass is 16.5. The molecule has 0 radical (unpaired) electrons. The van der Waals surface area contributed by atoms with Crippen LogP contribution < -0.4 is 14.8 Å². The van der Waals surface area contributed by atoms with Crippen molar-refractivity contribution in [2.24, 2.45) is 0 Å². The fourth-order valence-corrected chi connectivity index (χ4v) is 2.64. The van der Waals surface area contributed by atoms with Gasteiger partial charge >= 0.3 is 5.97 Å². The first kappa shape index (κ1) is 21.2. The van der Waals surface area contributed by atoms with Crippen LogP contribution in [-0.4, -0.2) is 37.8 Å². The van der Waals surface area contributed by atoms with E-state index in [4.69, 9.17) is 14.2 Å². The van der Waals surface area contributed by atoms with Crippen molar-refractivity contribution in [1.82, 2.24) is 0 Å². The third-order valence-electron chi connectivity index (χ3n) is 4.12. The van der Waals surface area contributed by atoms with Gasteiger partial charge in [0.05, 0.1) is 32.5 Å². The molecular weight excluding hydrogens is 362 g/mol. The number of esters is 1. The quantitative estimate of drug-likeness (QED) is 0.641. The molecule has 2 aromatic carbocycles. The van der Waals surface area contributed by atoms with Gasteiger partial charge in [-0.15, -0.1) is 0 Å². The molecule has 0 aromatic heterocycles. The molecule has 2 aromatic rings. The first-order valence-electron chi connectivity index (χ1n) is 8.95. The summed E-state index contributed by atoms with van der Waals surface area (Å²) in [4.78, 5) is 23.8. The predicted molar refractivity (Wildman–Crippen MR) is 105 cm³/mol. The van der Waals surface area contributed by atoms with Crippen LogP contribution in [0.25, 0.3) is 0 Å². The molecule has 0 saturated carbocycles. The van der Waals surface area contributed by atoms with Crippen LogP contribution in [0.15, 0.2) is 42.5 Å². The molecule has 0 spiro atoms. The van der Waals surface area contributed by atoms with Crippen molar-refractivity contribution in [3.05, 3.63) is 53.6 Å². The van der Waals surface area contributed by atoms with Crippen molar-refractivity contribution < 1.29 is 28.9 Å². The molecule has 0 aliphatic carbocycles. The normalized spacial score (nSPS) is 11.4. The monoisotopic (exact) mass is 387 g/mol. The zero-order valence-electron chi connectivity index (χ0n) is 16.2. The van der Waals surface area contributed by atoms with Crippen LogP contribution >= 0.6 is 0 Å². The Hall–Kier alpha value is -3.06. The Bertz CT molecular complexity index is 803. The minimum atomic E-state index is -0.849. The van der Waals surface area contributed by atoms with Crippen molar-refractivity contribution in [1.29, 1.82) is 0 Å². The number of anilines is 1. The highest BCUT2D eigenvalue weighted by molar-refractivity contribution is 5.93. The third-order valence-corrected chi connectivity index (χ3v) is 4.12. The lowest BCUT2D eigenvalue weighted by Crippen LogP contribution is -2.13. The van der Waals surface area contributed by atoms with E-state index in [1.807, 2.05) is 0 Å². The fourth-order valence-electron chi connectivity index (χ4n) is 2.64. The molecule has 0 fully saturated rings. The Labute approximate surface area is 164 Å². The Morgan fingerprint density at radius 2 is 1.79 bits per heavy atom. The van der Waals surface area contributed by atoms with Crippen LogP contribution in [0.5, 0.6) is 11.5 Å². The van der Waals surface area contributed by atoms with Gasteiger partial charge in [-0.3, -0.25) is 4.79 Å². The van der Waals surface area contributed by atoms with Gasteiger partial charge in [0.25, 0.3) is 0 Å². The molecule has 1 amide bonds.